The molecular formula is C9H7F4NO4. The molecule has 0 aliphatic heterocycles. The number of pyridine rings is 1. The van der Waals surface area contributed by atoms with Gasteiger partial charge in [-0.3, -0.25) is 4.79 Å². The lowest BCUT2D eigenvalue weighted by Crippen LogP contribution is -2.24. The largest absolute Gasteiger partial charge is 0.573 e. The highest BCUT2D eigenvalue weighted by atomic mass is 19.4. The molecule has 0 spiro atoms. The standard InChI is InChI=1S/C9H7F4NO4/c1-17-8(16)4-2-6(18-9(11,12)13)5(3-10)14-7(4)15/h2H,3H2,1H3,(H,14,15). The number of alkyl halides is 4. The Hall–Kier alpha value is -2.06. The fraction of sp³-hybridized carbons (Fsp3) is 0.333. The Morgan fingerprint density at radius 3 is 2.50 bits per heavy atom. The van der Waals surface area contributed by atoms with Crippen LogP contribution in [0.5, 0.6) is 5.75 Å². The van der Waals surface area contributed by atoms with Crippen LogP contribution in [0.1, 0.15) is 16.1 Å². The first-order valence-corrected chi connectivity index (χ1v) is 4.44. The second-order valence-electron chi connectivity index (χ2n) is 3.03. The highest BCUT2D eigenvalue weighted by Crippen LogP contribution is 2.25. The van der Waals surface area contributed by atoms with Gasteiger partial charge < -0.3 is 14.5 Å². The summed E-state index contributed by atoms with van der Waals surface area (Å²) in [5.41, 5.74) is -2.50. The van der Waals surface area contributed by atoms with E-state index in [1.165, 1.54) is 0 Å². The molecular weight excluding hydrogens is 262 g/mol. The average molecular weight is 269 g/mol. The molecule has 0 amide bonds. The van der Waals surface area contributed by atoms with Gasteiger partial charge in [-0.05, 0) is 0 Å². The topological polar surface area (TPSA) is 68.4 Å². The van der Waals surface area contributed by atoms with Gasteiger partial charge >= 0.3 is 12.3 Å². The van der Waals surface area contributed by atoms with Crippen molar-refractivity contribution in [3.05, 3.63) is 27.7 Å². The minimum atomic E-state index is -5.07. The molecule has 0 bridgehead atoms. The maximum atomic E-state index is 12.4. The van der Waals surface area contributed by atoms with Gasteiger partial charge in [0.05, 0.1) is 12.8 Å². The number of aromatic nitrogens is 1. The van der Waals surface area contributed by atoms with Gasteiger partial charge in [-0.25, -0.2) is 9.18 Å². The summed E-state index contributed by atoms with van der Waals surface area (Å²) in [5, 5.41) is 0. The molecule has 1 aromatic heterocycles. The van der Waals surface area contributed by atoms with E-state index in [2.05, 4.69) is 9.47 Å². The van der Waals surface area contributed by atoms with Crippen LogP contribution in [0.4, 0.5) is 17.6 Å². The zero-order valence-corrected chi connectivity index (χ0v) is 8.93. The van der Waals surface area contributed by atoms with Crippen molar-refractivity contribution in [3.63, 3.8) is 0 Å². The molecule has 9 heteroatoms. The number of aromatic amines is 1. The number of hydrogen-bond donors (Lipinski definition) is 1. The molecule has 0 radical (unpaired) electrons. The molecule has 1 heterocycles. The van der Waals surface area contributed by atoms with Crippen molar-refractivity contribution < 1.29 is 31.8 Å². The number of esters is 1. The molecule has 1 aromatic rings. The first-order valence-electron chi connectivity index (χ1n) is 4.44. The fourth-order valence-corrected chi connectivity index (χ4v) is 1.13. The van der Waals surface area contributed by atoms with Crippen molar-refractivity contribution in [2.75, 3.05) is 7.11 Å². The van der Waals surface area contributed by atoms with Crippen LogP contribution in [0.2, 0.25) is 0 Å². The number of hydrogen-bond acceptors (Lipinski definition) is 4. The maximum Gasteiger partial charge on any atom is 0.573 e. The van der Waals surface area contributed by atoms with Gasteiger partial charge in [0, 0.05) is 6.07 Å². The van der Waals surface area contributed by atoms with E-state index in [0.717, 1.165) is 7.11 Å². The van der Waals surface area contributed by atoms with Crippen LogP contribution in [-0.2, 0) is 11.4 Å². The zero-order chi connectivity index (χ0) is 13.9. The third-order valence-corrected chi connectivity index (χ3v) is 1.85. The van der Waals surface area contributed by atoms with E-state index < -0.39 is 41.6 Å². The van der Waals surface area contributed by atoms with Crippen molar-refractivity contribution in [2.24, 2.45) is 0 Å². The van der Waals surface area contributed by atoms with Gasteiger partial charge in [0.15, 0.2) is 5.75 Å². The normalized spacial score (nSPS) is 11.2. The van der Waals surface area contributed by atoms with Crippen LogP contribution in [0.3, 0.4) is 0 Å². The monoisotopic (exact) mass is 269 g/mol. The number of ether oxygens (including phenoxy) is 2. The van der Waals surface area contributed by atoms with Crippen LogP contribution in [-0.4, -0.2) is 24.4 Å². The lowest BCUT2D eigenvalue weighted by molar-refractivity contribution is -0.275. The Balaban J connectivity index is 3.31. The molecule has 0 aromatic carbocycles. The molecule has 18 heavy (non-hydrogen) atoms. The molecule has 1 rings (SSSR count). The lowest BCUT2D eigenvalue weighted by atomic mass is 10.2. The first kappa shape index (κ1) is 14.0. The first-order chi connectivity index (χ1) is 8.28. The van der Waals surface area contributed by atoms with Crippen LogP contribution in [0.25, 0.3) is 0 Å². The molecule has 0 aliphatic carbocycles. The second-order valence-corrected chi connectivity index (χ2v) is 3.03. The second kappa shape index (κ2) is 5.07. The van der Waals surface area contributed by atoms with Crippen molar-refractivity contribution in [1.82, 2.24) is 4.98 Å². The van der Waals surface area contributed by atoms with E-state index in [4.69, 9.17) is 0 Å². The molecule has 0 atom stereocenters. The fourth-order valence-electron chi connectivity index (χ4n) is 1.13. The van der Waals surface area contributed by atoms with E-state index in [0.29, 0.717) is 6.07 Å². The minimum Gasteiger partial charge on any atom is -0.465 e. The summed E-state index contributed by atoms with van der Waals surface area (Å²) in [6.45, 7) is -1.39. The van der Waals surface area contributed by atoms with Gasteiger partial charge in [0.2, 0.25) is 0 Å². The summed E-state index contributed by atoms with van der Waals surface area (Å²) < 4.78 is 56.2. The predicted octanol–water partition coefficient (Wildman–Crippen LogP) is 1.53. The summed E-state index contributed by atoms with van der Waals surface area (Å²) in [6, 6.07) is 0.479. The Morgan fingerprint density at radius 1 is 1.44 bits per heavy atom. The van der Waals surface area contributed by atoms with Gasteiger partial charge in [-0.15, -0.1) is 13.2 Å². The highest BCUT2D eigenvalue weighted by molar-refractivity contribution is 5.89. The number of carbonyl (C=O) groups is 1. The van der Waals surface area contributed by atoms with Gasteiger partial charge in [0.1, 0.15) is 12.2 Å². The number of carbonyl (C=O) groups excluding carboxylic acids is 1. The molecule has 100 valence electrons. The Morgan fingerprint density at radius 2 is 2.06 bits per heavy atom. The van der Waals surface area contributed by atoms with Crippen molar-refractivity contribution in [1.29, 1.82) is 0 Å². The van der Waals surface area contributed by atoms with E-state index in [1.54, 1.807) is 4.98 Å². The van der Waals surface area contributed by atoms with Gasteiger partial charge in [0.25, 0.3) is 5.56 Å². The molecule has 0 saturated carbocycles. The third kappa shape index (κ3) is 3.22. The van der Waals surface area contributed by atoms with Crippen molar-refractivity contribution in [3.8, 4) is 5.75 Å². The molecule has 1 N–H and O–H groups in total. The zero-order valence-electron chi connectivity index (χ0n) is 8.93. The minimum absolute atomic E-state index is 0.479. The Labute approximate surface area is 97.3 Å². The van der Waals surface area contributed by atoms with E-state index in [-0.39, 0.29) is 0 Å². The van der Waals surface area contributed by atoms with Crippen LogP contribution in [0, 0.1) is 0 Å². The van der Waals surface area contributed by atoms with Crippen LogP contribution in [0.15, 0.2) is 10.9 Å². The van der Waals surface area contributed by atoms with Crippen LogP contribution < -0.4 is 10.3 Å². The van der Waals surface area contributed by atoms with Gasteiger partial charge in [-0.2, -0.15) is 0 Å². The van der Waals surface area contributed by atoms with E-state index in [9.17, 15) is 27.2 Å². The number of rotatable bonds is 3. The SMILES string of the molecule is COC(=O)c1cc(OC(F)(F)F)c(CF)[nH]c1=O. The van der Waals surface area contributed by atoms with Crippen molar-refractivity contribution in [2.45, 2.75) is 13.0 Å². The van der Waals surface area contributed by atoms with Crippen LogP contribution >= 0.6 is 0 Å². The number of methoxy groups -OCH3 is 1. The average Bonchev–Trinajstić information content (AvgIpc) is 2.28. The van der Waals surface area contributed by atoms with E-state index >= 15 is 0 Å². The number of H-pyrrole nitrogens is 1. The maximum absolute atomic E-state index is 12.4. The lowest BCUT2D eigenvalue weighted by Gasteiger charge is -2.12. The molecule has 5 nitrogen and oxygen atoms in total. The summed E-state index contributed by atoms with van der Waals surface area (Å²) in [5.74, 6) is -2.15. The Bertz CT molecular complexity index is 508. The third-order valence-electron chi connectivity index (χ3n) is 1.85. The summed E-state index contributed by atoms with van der Waals surface area (Å²) in [4.78, 5) is 24.1. The molecule has 0 saturated heterocycles. The quantitative estimate of drug-likeness (QED) is 0.667. The number of nitrogens with one attached hydrogen (secondary N) is 1. The van der Waals surface area contributed by atoms with E-state index in [1.807, 2.05) is 0 Å². The summed E-state index contributed by atoms with van der Waals surface area (Å²) in [7, 11) is 0.940. The Kier molecular flexibility index (Phi) is 3.94. The highest BCUT2D eigenvalue weighted by Gasteiger charge is 2.33. The summed E-state index contributed by atoms with van der Waals surface area (Å²) in [6.07, 6.45) is -5.07. The summed E-state index contributed by atoms with van der Waals surface area (Å²) >= 11 is 0. The predicted molar refractivity (Wildman–Crippen MR) is 49.9 cm³/mol. The number of halogens is 4. The van der Waals surface area contributed by atoms with Crippen molar-refractivity contribution >= 4 is 5.97 Å². The molecule has 0 aliphatic rings. The smallest absolute Gasteiger partial charge is 0.465 e. The molecule has 0 fully saturated rings. The van der Waals surface area contributed by atoms with Gasteiger partial charge in [-0.1, -0.05) is 0 Å². The molecule has 0 unspecified atom stereocenters.